The van der Waals surface area contributed by atoms with E-state index in [0.29, 0.717) is 17.5 Å². The van der Waals surface area contributed by atoms with Crippen molar-refractivity contribution in [2.45, 2.75) is 32.4 Å². The fraction of sp³-hybridized carbons (Fsp3) is 0.353. The van der Waals surface area contributed by atoms with Crippen molar-refractivity contribution in [2.75, 3.05) is 6.61 Å². The fourth-order valence-electron chi connectivity index (χ4n) is 2.18. The summed E-state index contributed by atoms with van der Waals surface area (Å²) >= 11 is 0. The van der Waals surface area contributed by atoms with Crippen LogP contribution in [0.15, 0.2) is 41.3 Å². The molecule has 0 saturated carbocycles. The number of benzene rings is 1. The maximum absolute atomic E-state index is 13.2. The van der Waals surface area contributed by atoms with Crippen LogP contribution < -0.4 is 10.3 Å². The number of pyridine rings is 1. The molecule has 0 bridgehead atoms. The summed E-state index contributed by atoms with van der Waals surface area (Å²) < 4.78 is 44.8. The lowest BCUT2D eigenvalue weighted by molar-refractivity contribution is -0.139. The molecule has 0 fully saturated rings. The summed E-state index contributed by atoms with van der Waals surface area (Å²) in [7, 11) is 0. The molecule has 1 aromatic carbocycles. The summed E-state index contributed by atoms with van der Waals surface area (Å²) in [5, 5.41) is 0. The van der Waals surface area contributed by atoms with Crippen molar-refractivity contribution < 1.29 is 17.9 Å². The SMILES string of the molecule is CC(C)c1ccc(OCCc2cc[nH]c(=O)c2)c(C(F)(F)F)c1. The van der Waals surface area contributed by atoms with E-state index in [1.54, 1.807) is 12.1 Å². The number of rotatable bonds is 5. The van der Waals surface area contributed by atoms with Crippen LogP contribution in [-0.2, 0) is 12.6 Å². The van der Waals surface area contributed by atoms with Gasteiger partial charge in [-0.15, -0.1) is 0 Å². The number of halogens is 3. The second kappa shape index (κ2) is 6.89. The van der Waals surface area contributed by atoms with Gasteiger partial charge in [0.05, 0.1) is 12.2 Å². The van der Waals surface area contributed by atoms with E-state index in [1.165, 1.54) is 18.3 Å². The van der Waals surface area contributed by atoms with Crippen molar-refractivity contribution >= 4 is 0 Å². The largest absolute Gasteiger partial charge is 0.493 e. The van der Waals surface area contributed by atoms with Gasteiger partial charge in [0.1, 0.15) is 5.75 Å². The maximum atomic E-state index is 13.2. The quantitative estimate of drug-likeness (QED) is 0.898. The van der Waals surface area contributed by atoms with Crippen LogP contribution in [0.1, 0.15) is 36.5 Å². The first kappa shape index (κ1) is 17.1. The smallest absolute Gasteiger partial charge is 0.419 e. The van der Waals surface area contributed by atoms with E-state index in [1.807, 2.05) is 13.8 Å². The van der Waals surface area contributed by atoms with Crippen molar-refractivity contribution in [2.24, 2.45) is 0 Å². The highest BCUT2D eigenvalue weighted by Crippen LogP contribution is 2.38. The third-order valence-corrected chi connectivity index (χ3v) is 3.46. The van der Waals surface area contributed by atoms with Crippen LogP contribution in [0.4, 0.5) is 13.2 Å². The summed E-state index contributed by atoms with van der Waals surface area (Å²) in [5.41, 5.74) is 0.301. The van der Waals surface area contributed by atoms with E-state index < -0.39 is 11.7 Å². The zero-order valence-corrected chi connectivity index (χ0v) is 12.9. The Balaban J connectivity index is 2.14. The molecule has 1 aromatic heterocycles. The molecular weight excluding hydrogens is 307 g/mol. The molecule has 0 amide bonds. The minimum absolute atomic E-state index is 0.00111. The zero-order valence-electron chi connectivity index (χ0n) is 12.9. The van der Waals surface area contributed by atoms with Gasteiger partial charge in [-0.1, -0.05) is 19.9 Å². The normalized spacial score (nSPS) is 11.7. The number of hydrogen-bond donors (Lipinski definition) is 1. The van der Waals surface area contributed by atoms with Crippen molar-refractivity contribution in [3.63, 3.8) is 0 Å². The lowest BCUT2D eigenvalue weighted by Crippen LogP contribution is -2.12. The number of aromatic nitrogens is 1. The lowest BCUT2D eigenvalue weighted by atomic mass is 10.00. The summed E-state index contributed by atoms with van der Waals surface area (Å²) in [6.07, 6.45) is -2.62. The molecule has 1 heterocycles. The molecule has 23 heavy (non-hydrogen) atoms. The van der Waals surface area contributed by atoms with Crippen LogP contribution in [0.2, 0.25) is 0 Å². The third-order valence-electron chi connectivity index (χ3n) is 3.46. The van der Waals surface area contributed by atoms with Crippen molar-refractivity contribution in [1.29, 1.82) is 0 Å². The minimum Gasteiger partial charge on any atom is -0.493 e. The highest BCUT2D eigenvalue weighted by Gasteiger charge is 2.34. The summed E-state index contributed by atoms with van der Waals surface area (Å²) in [6.45, 7) is 3.74. The fourth-order valence-corrected chi connectivity index (χ4v) is 2.18. The molecule has 1 N–H and O–H groups in total. The molecule has 3 nitrogen and oxygen atoms in total. The van der Waals surface area contributed by atoms with Gasteiger partial charge in [-0.25, -0.2) is 0 Å². The predicted molar refractivity (Wildman–Crippen MR) is 81.8 cm³/mol. The number of H-pyrrole nitrogens is 1. The molecule has 0 atom stereocenters. The van der Waals surface area contributed by atoms with E-state index in [0.717, 1.165) is 6.07 Å². The van der Waals surface area contributed by atoms with Crippen LogP contribution in [0.3, 0.4) is 0 Å². The highest BCUT2D eigenvalue weighted by molar-refractivity contribution is 5.40. The number of hydrogen-bond acceptors (Lipinski definition) is 2. The van der Waals surface area contributed by atoms with Crippen molar-refractivity contribution in [1.82, 2.24) is 4.98 Å². The van der Waals surface area contributed by atoms with Gasteiger partial charge in [-0.05, 0) is 35.2 Å². The number of nitrogens with one attached hydrogen (secondary N) is 1. The number of alkyl halides is 3. The first-order valence-electron chi connectivity index (χ1n) is 7.29. The minimum atomic E-state index is -4.47. The Morgan fingerprint density at radius 1 is 1.17 bits per heavy atom. The molecule has 124 valence electrons. The van der Waals surface area contributed by atoms with Crippen molar-refractivity contribution in [3.05, 3.63) is 63.6 Å². The standard InChI is InChI=1S/C17H18F3NO2/c1-11(2)13-3-4-15(14(10-13)17(18,19)20)23-8-6-12-5-7-21-16(22)9-12/h3-5,7,9-11H,6,8H2,1-2H3,(H,21,22). The summed E-state index contributed by atoms with van der Waals surface area (Å²) in [4.78, 5) is 13.6. The Morgan fingerprint density at radius 2 is 1.91 bits per heavy atom. The van der Waals surface area contributed by atoms with Crippen LogP contribution in [0.5, 0.6) is 5.75 Å². The molecule has 0 aliphatic carbocycles. The second-order valence-electron chi connectivity index (χ2n) is 5.57. The van der Waals surface area contributed by atoms with E-state index in [4.69, 9.17) is 4.74 Å². The number of aromatic amines is 1. The number of ether oxygens (including phenoxy) is 1. The monoisotopic (exact) mass is 325 g/mol. The molecule has 0 aliphatic rings. The molecule has 0 radical (unpaired) electrons. The van der Waals surface area contributed by atoms with Gasteiger partial charge in [0.25, 0.3) is 0 Å². The Labute approximate surface area is 132 Å². The van der Waals surface area contributed by atoms with Crippen LogP contribution in [0, 0.1) is 0 Å². The van der Waals surface area contributed by atoms with Gasteiger partial charge in [0.2, 0.25) is 5.56 Å². The van der Waals surface area contributed by atoms with Crippen LogP contribution >= 0.6 is 0 Å². The van der Waals surface area contributed by atoms with E-state index in [2.05, 4.69) is 4.98 Å². The highest BCUT2D eigenvalue weighted by atomic mass is 19.4. The summed E-state index contributed by atoms with van der Waals surface area (Å²) in [6, 6.07) is 7.22. The topological polar surface area (TPSA) is 42.1 Å². The van der Waals surface area contributed by atoms with Gasteiger partial charge in [-0.2, -0.15) is 13.2 Å². The average Bonchev–Trinajstić information content (AvgIpc) is 2.46. The Hall–Kier alpha value is -2.24. The van der Waals surface area contributed by atoms with Crippen LogP contribution in [0.25, 0.3) is 0 Å². The second-order valence-corrected chi connectivity index (χ2v) is 5.57. The van der Waals surface area contributed by atoms with Gasteiger partial charge in [-0.3, -0.25) is 4.79 Å². The van der Waals surface area contributed by atoms with Gasteiger partial charge < -0.3 is 9.72 Å². The first-order valence-corrected chi connectivity index (χ1v) is 7.29. The molecule has 0 aliphatic heterocycles. The molecular formula is C17H18F3NO2. The first-order chi connectivity index (χ1) is 10.8. The third kappa shape index (κ3) is 4.61. The summed E-state index contributed by atoms with van der Waals surface area (Å²) in [5.74, 6) is -0.187. The predicted octanol–water partition coefficient (Wildman–Crippen LogP) is 4.14. The molecule has 0 spiro atoms. The van der Waals surface area contributed by atoms with E-state index >= 15 is 0 Å². The molecule has 0 saturated heterocycles. The average molecular weight is 325 g/mol. The maximum Gasteiger partial charge on any atom is 0.419 e. The zero-order chi connectivity index (χ0) is 17.0. The Morgan fingerprint density at radius 3 is 2.52 bits per heavy atom. The molecule has 2 aromatic rings. The molecule has 6 heteroatoms. The van der Waals surface area contributed by atoms with Gasteiger partial charge in [0.15, 0.2) is 0 Å². The van der Waals surface area contributed by atoms with E-state index in [9.17, 15) is 18.0 Å². The van der Waals surface area contributed by atoms with Gasteiger partial charge in [0, 0.05) is 18.7 Å². The van der Waals surface area contributed by atoms with Crippen LogP contribution in [-0.4, -0.2) is 11.6 Å². The van der Waals surface area contributed by atoms with E-state index in [-0.39, 0.29) is 23.8 Å². The Bertz CT molecular complexity index is 720. The molecule has 2 rings (SSSR count). The molecule has 0 unspecified atom stereocenters. The van der Waals surface area contributed by atoms with Gasteiger partial charge >= 0.3 is 6.18 Å². The van der Waals surface area contributed by atoms with Crippen molar-refractivity contribution in [3.8, 4) is 5.75 Å². The Kier molecular flexibility index (Phi) is 5.13. The lowest BCUT2D eigenvalue weighted by Gasteiger charge is -2.16.